The monoisotopic (exact) mass is 296 g/mol. The van der Waals surface area contributed by atoms with Crippen LogP contribution in [0.3, 0.4) is 0 Å². The van der Waals surface area contributed by atoms with Crippen molar-refractivity contribution in [2.75, 3.05) is 0 Å². The first-order chi connectivity index (χ1) is 10.8. The van der Waals surface area contributed by atoms with Crippen LogP contribution in [-0.2, 0) is 0 Å². The minimum atomic E-state index is 0.0223. The molecule has 4 fully saturated rings. The molecule has 0 radical (unpaired) electrons. The number of nitrogens with zero attached hydrogens (tertiary/aromatic N) is 2. The number of rotatable bonds is 2. The molecule has 114 valence electrons. The van der Waals surface area contributed by atoms with Crippen molar-refractivity contribution in [3.63, 3.8) is 0 Å². The van der Waals surface area contributed by atoms with Crippen molar-refractivity contribution in [2.24, 2.45) is 23.7 Å². The normalized spacial score (nSPS) is 35.9. The molecule has 5 heteroatoms. The number of imidazole rings is 1. The van der Waals surface area contributed by atoms with Crippen molar-refractivity contribution < 1.29 is 4.79 Å². The average Bonchev–Trinajstić information content (AvgIpc) is 2.98. The van der Waals surface area contributed by atoms with Gasteiger partial charge in [-0.05, 0) is 61.8 Å². The third-order valence-electron chi connectivity index (χ3n) is 6.10. The van der Waals surface area contributed by atoms with Crippen molar-refractivity contribution in [2.45, 2.75) is 38.1 Å². The van der Waals surface area contributed by atoms with E-state index in [1.165, 1.54) is 32.1 Å². The van der Waals surface area contributed by atoms with E-state index in [-0.39, 0.29) is 5.91 Å². The SMILES string of the molecule is O=C(NC1C2CC3CC(C2)CC1C3)c1ccnc2nc[nH]c12. The first-order valence-corrected chi connectivity index (χ1v) is 8.37. The van der Waals surface area contributed by atoms with E-state index in [2.05, 4.69) is 20.3 Å². The van der Waals surface area contributed by atoms with E-state index in [9.17, 15) is 4.79 Å². The van der Waals surface area contributed by atoms with Crippen LogP contribution >= 0.6 is 0 Å². The molecule has 0 aromatic carbocycles. The number of fused-ring (bicyclic) bond motifs is 1. The maximum absolute atomic E-state index is 12.8. The second-order valence-corrected chi connectivity index (χ2v) is 7.39. The lowest BCUT2D eigenvalue weighted by molar-refractivity contribution is -0.0119. The molecule has 2 aromatic rings. The minimum absolute atomic E-state index is 0.0223. The zero-order valence-corrected chi connectivity index (χ0v) is 12.5. The summed E-state index contributed by atoms with van der Waals surface area (Å²) in [6.45, 7) is 0. The Morgan fingerprint density at radius 2 is 1.82 bits per heavy atom. The third-order valence-corrected chi connectivity index (χ3v) is 6.10. The number of hydrogen-bond donors (Lipinski definition) is 2. The third kappa shape index (κ3) is 1.81. The Bertz CT molecular complexity index is 709. The summed E-state index contributed by atoms with van der Waals surface area (Å²) in [5, 5.41) is 3.35. The fraction of sp³-hybridized carbons (Fsp3) is 0.588. The predicted molar refractivity (Wildman–Crippen MR) is 82.2 cm³/mol. The van der Waals surface area contributed by atoms with Gasteiger partial charge in [0.25, 0.3) is 5.91 Å². The van der Waals surface area contributed by atoms with Crippen LogP contribution in [0.4, 0.5) is 0 Å². The summed E-state index contributed by atoms with van der Waals surface area (Å²) in [4.78, 5) is 24.1. The van der Waals surface area contributed by atoms with E-state index in [0.29, 0.717) is 29.1 Å². The van der Waals surface area contributed by atoms with Crippen molar-refractivity contribution >= 4 is 17.1 Å². The van der Waals surface area contributed by atoms with Crippen LogP contribution in [0.1, 0.15) is 42.5 Å². The fourth-order valence-electron chi connectivity index (χ4n) is 5.43. The Labute approximate surface area is 128 Å². The van der Waals surface area contributed by atoms with Crippen LogP contribution in [0.5, 0.6) is 0 Å². The van der Waals surface area contributed by atoms with E-state index in [1.54, 1.807) is 18.6 Å². The van der Waals surface area contributed by atoms with Gasteiger partial charge in [0.15, 0.2) is 5.65 Å². The highest BCUT2D eigenvalue weighted by atomic mass is 16.1. The molecule has 0 aliphatic heterocycles. The molecule has 4 aliphatic carbocycles. The van der Waals surface area contributed by atoms with Crippen molar-refractivity contribution in [1.82, 2.24) is 20.3 Å². The Balaban J connectivity index is 1.42. The van der Waals surface area contributed by atoms with Gasteiger partial charge in [0.05, 0.1) is 17.4 Å². The number of carbonyl (C=O) groups is 1. The molecule has 0 spiro atoms. The van der Waals surface area contributed by atoms with E-state index >= 15 is 0 Å². The maximum atomic E-state index is 12.8. The van der Waals surface area contributed by atoms with Crippen LogP contribution in [0.25, 0.3) is 11.2 Å². The zero-order valence-electron chi connectivity index (χ0n) is 12.5. The Morgan fingerprint density at radius 1 is 1.09 bits per heavy atom. The number of nitrogens with one attached hydrogen (secondary N) is 2. The number of aromatic amines is 1. The molecule has 6 rings (SSSR count). The molecule has 2 aromatic heterocycles. The lowest BCUT2D eigenvalue weighted by Crippen LogP contribution is -2.55. The average molecular weight is 296 g/mol. The second kappa shape index (κ2) is 4.54. The molecule has 0 atom stereocenters. The van der Waals surface area contributed by atoms with Gasteiger partial charge in [-0.3, -0.25) is 4.79 Å². The Hall–Kier alpha value is -1.91. The van der Waals surface area contributed by atoms with Crippen LogP contribution in [0, 0.1) is 23.7 Å². The van der Waals surface area contributed by atoms with E-state index in [4.69, 9.17) is 0 Å². The Kier molecular flexibility index (Phi) is 2.60. The standard InChI is InChI=1S/C17H20N4O/c22-17(13-1-2-18-16-15(13)19-8-20-16)21-14-11-4-9-3-10(6-11)7-12(14)5-9/h1-2,8-12,14H,3-7H2,(H,21,22)(H,18,19,20). The quantitative estimate of drug-likeness (QED) is 0.894. The van der Waals surface area contributed by atoms with Crippen LogP contribution < -0.4 is 5.32 Å². The largest absolute Gasteiger partial charge is 0.349 e. The summed E-state index contributed by atoms with van der Waals surface area (Å²) in [5.41, 5.74) is 2.01. The molecule has 4 aliphatic rings. The predicted octanol–water partition coefficient (Wildman–Crippen LogP) is 2.51. The molecule has 2 heterocycles. The van der Waals surface area contributed by atoms with Crippen LogP contribution in [0.2, 0.25) is 0 Å². The molecule has 22 heavy (non-hydrogen) atoms. The summed E-state index contributed by atoms with van der Waals surface area (Å²) in [5.74, 6) is 3.26. The van der Waals surface area contributed by atoms with E-state index in [0.717, 1.165) is 17.4 Å². The second-order valence-electron chi connectivity index (χ2n) is 7.39. The summed E-state index contributed by atoms with van der Waals surface area (Å²) >= 11 is 0. The van der Waals surface area contributed by atoms with Gasteiger partial charge in [-0.15, -0.1) is 0 Å². The van der Waals surface area contributed by atoms with Gasteiger partial charge in [-0.25, -0.2) is 9.97 Å². The van der Waals surface area contributed by atoms with Gasteiger partial charge >= 0.3 is 0 Å². The molecule has 1 amide bonds. The molecule has 2 N–H and O–H groups in total. The van der Waals surface area contributed by atoms with Gasteiger partial charge in [0.1, 0.15) is 0 Å². The highest BCUT2D eigenvalue weighted by Gasteiger charge is 2.48. The van der Waals surface area contributed by atoms with Gasteiger partial charge in [-0.1, -0.05) is 0 Å². The summed E-state index contributed by atoms with van der Waals surface area (Å²) in [6, 6.07) is 2.15. The number of amides is 1. The number of hydrogen-bond acceptors (Lipinski definition) is 3. The van der Waals surface area contributed by atoms with E-state index in [1.807, 2.05) is 0 Å². The highest BCUT2D eigenvalue weighted by Crippen LogP contribution is 2.53. The van der Waals surface area contributed by atoms with Gasteiger partial charge < -0.3 is 10.3 Å². The van der Waals surface area contributed by atoms with E-state index < -0.39 is 0 Å². The lowest BCUT2D eigenvalue weighted by Gasteiger charge is -2.54. The number of H-pyrrole nitrogens is 1. The van der Waals surface area contributed by atoms with Gasteiger partial charge in [0.2, 0.25) is 0 Å². The number of pyridine rings is 1. The molecule has 0 unspecified atom stereocenters. The number of carbonyl (C=O) groups excluding carboxylic acids is 1. The summed E-state index contributed by atoms with van der Waals surface area (Å²) in [7, 11) is 0. The molecule has 4 bridgehead atoms. The molecule has 4 saturated carbocycles. The lowest BCUT2D eigenvalue weighted by atomic mass is 9.54. The summed E-state index contributed by atoms with van der Waals surface area (Å²) in [6.07, 6.45) is 9.95. The molecular formula is C17H20N4O. The number of aromatic nitrogens is 3. The maximum Gasteiger partial charge on any atom is 0.253 e. The molecule has 0 saturated heterocycles. The first-order valence-electron chi connectivity index (χ1n) is 8.37. The highest BCUT2D eigenvalue weighted by molar-refractivity contribution is 6.04. The van der Waals surface area contributed by atoms with Gasteiger partial charge in [-0.2, -0.15) is 0 Å². The van der Waals surface area contributed by atoms with Crippen molar-refractivity contribution in [3.05, 3.63) is 24.2 Å². The fourth-order valence-corrected chi connectivity index (χ4v) is 5.43. The first kappa shape index (κ1) is 12.6. The van der Waals surface area contributed by atoms with Gasteiger partial charge in [0, 0.05) is 12.2 Å². The van der Waals surface area contributed by atoms with Crippen LogP contribution in [0.15, 0.2) is 18.6 Å². The van der Waals surface area contributed by atoms with Crippen LogP contribution in [-0.4, -0.2) is 26.9 Å². The Morgan fingerprint density at radius 3 is 2.55 bits per heavy atom. The summed E-state index contributed by atoms with van der Waals surface area (Å²) < 4.78 is 0. The zero-order chi connectivity index (χ0) is 14.7. The molecule has 5 nitrogen and oxygen atoms in total. The van der Waals surface area contributed by atoms with Crippen molar-refractivity contribution in [1.29, 1.82) is 0 Å². The van der Waals surface area contributed by atoms with Crippen molar-refractivity contribution in [3.8, 4) is 0 Å². The topological polar surface area (TPSA) is 70.7 Å². The molecular weight excluding hydrogens is 276 g/mol. The smallest absolute Gasteiger partial charge is 0.253 e. The minimum Gasteiger partial charge on any atom is -0.349 e.